The predicted octanol–water partition coefficient (Wildman–Crippen LogP) is 3.42. The number of halogens is 2. The topological polar surface area (TPSA) is 53.5 Å². The van der Waals surface area contributed by atoms with Gasteiger partial charge in [0.2, 0.25) is 0 Å². The van der Waals surface area contributed by atoms with Gasteiger partial charge in [-0.15, -0.1) is 0 Å². The van der Waals surface area contributed by atoms with Crippen molar-refractivity contribution in [3.8, 4) is 0 Å². The summed E-state index contributed by atoms with van der Waals surface area (Å²) in [6.07, 6.45) is 0. The summed E-state index contributed by atoms with van der Waals surface area (Å²) in [4.78, 5) is 33.4. The van der Waals surface area contributed by atoms with Gasteiger partial charge in [-0.05, 0) is 37.3 Å². The number of benzene rings is 2. The molecule has 2 aromatic carbocycles. The number of piperazine rings is 1. The Hall–Kier alpha value is -3.35. The maximum Gasteiger partial charge on any atom is 0.254 e. The number of para-hydroxylation sites is 1. The Balaban J connectivity index is 1.49. The van der Waals surface area contributed by atoms with Gasteiger partial charge in [0, 0.05) is 42.8 Å². The molecule has 1 fully saturated rings. The van der Waals surface area contributed by atoms with E-state index in [1.165, 1.54) is 6.07 Å². The summed E-state index contributed by atoms with van der Waals surface area (Å²) < 4.78 is 26.5. The van der Waals surface area contributed by atoms with Crippen LogP contribution in [0.5, 0.6) is 0 Å². The molecule has 1 aliphatic rings. The number of fused-ring (bicyclic) bond motifs is 1. The van der Waals surface area contributed by atoms with Crippen LogP contribution in [0.4, 0.5) is 8.78 Å². The lowest BCUT2D eigenvalue weighted by Gasteiger charge is -2.35. The molecule has 4 rings (SSSR count). The smallest absolute Gasteiger partial charge is 0.254 e. The van der Waals surface area contributed by atoms with E-state index in [-0.39, 0.29) is 17.4 Å². The van der Waals surface area contributed by atoms with Gasteiger partial charge in [0.1, 0.15) is 0 Å². The Bertz CT molecular complexity index is 1110. The van der Waals surface area contributed by atoms with E-state index < -0.39 is 11.6 Å². The third-order valence-corrected chi connectivity index (χ3v) is 5.10. The molecule has 2 heterocycles. The van der Waals surface area contributed by atoms with Gasteiger partial charge in [0.15, 0.2) is 11.6 Å². The molecule has 5 nitrogen and oxygen atoms in total. The van der Waals surface area contributed by atoms with Gasteiger partial charge < -0.3 is 9.80 Å². The SMILES string of the molecule is Cc1cc(C(=O)N2CCN(C(=O)c3ccc(F)c(F)c3)CC2)c2ccccc2n1. The minimum atomic E-state index is -1.05. The van der Waals surface area contributed by atoms with Gasteiger partial charge in [-0.3, -0.25) is 14.6 Å². The van der Waals surface area contributed by atoms with Gasteiger partial charge >= 0.3 is 0 Å². The monoisotopic (exact) mass is 395 g/mol. The first-order valence-corrected chi connectivity index (χ1v) is 9.34. The molecule has 0 N–H and O–H groups in total. The fourth-order valence-corrected chi connectivity index (χ4v) is 3.58. The van der Waals surface area contributed by atoms with Crippen LogP contribution in [0.2, 0.25) is 0 Å². The number of rotatable bonds is 2. The maximum atomic E-state index is 13.4. The van der Waals surface area contributed by atoms with Crippen LogP contribution in [-0.4, -0.2) is 52.8 Å². The van der Waals surface area contributed by atoms with E-state index in [0.717, 1.165) is 28.7 Å². The second kappa shape index (κ2) is 7.58. The molecular weight excluding hydrogens is 376 g/mol. The van der Waals surface area contributed by atoms with E-state index >= 15 is 0 Å². The van der Waals surface area contributed by atoms with Crippen LogP contribution in [0.15, 0.2) is 48.5 Å². The molecular formula is C22H19F2N3O2. The molecule has 2 amide bonds. The summed E-state index contributed by atoms with van der Waals surface area (Å²) in [5.41, 5.74) is 2.22. The van der Waals surface area contributed by atoms with E-state index in [1.54, 1.807) is 15.9 Å². The second-order valence-corrected chi connectivity index (χ2v) is 7.04. The molecule has 0 aliphatic carbocycles. The summed E-state index contributed by atoms with van der Waals surface area (Å²) in [5.74, 6) is -2.52. The van der Waals surface area contributed by atoms with Crippen LogP contribution in [-0.2, 0) is 0 Å². The Kier molecular flexibility index (Phi) is 4.96. The highest BCUT2D eigenvalue weighted by atomic mass is 19.2. The molecule has 0 bridgehead atoms. The highest BCUT2D eigenvalue weighted by molar-refractivity contribution is 6.06. The molecule has 29 heavy (non-hydrogen) atoms. The van der Waals surface area contributed by atoms with E-state index in [9.17, 15) is 18.4 Å². The van der Waals surface area contributed by atoms with Gasteiger partial charge in [-0.1, -0.05) is 18.2 Å². The Morgan fingerprint density at radius 1 is 0.862 bits per heavy atom. The van der Waals surface area contributed by atoms with Crippen LogP contribution in [0.25, 0.3) is 10.9 Å². The summed E-state index contributed by atoms with van der Waals surface area (Å²) in [6, 6.07) is 12.4. The number of aromatic nitrogens is 1. The molecule has 1 saturated heterocycles. The number of amides is 2. The Morgan fingerprint density at radius 2 is 1.52 bits per heavy atom. The minimum Gasteiger partial charge on any atom is -0.335 e. The molecule has 0 radical (unpaired) electrons. The third-order valence-electron chi connectivity index (χ3n) is 5.10. The zero-order valence-electron chi connectivity index (χ0n) is 15.9. The average molecular weight is 395 g/mol. The van der Waals surface area contributed by atoms with Crippen molar-refractivity contribution >= 4 is 22.7 Å². The first kappa shape index (κ1) is 19.0. The molecule has 1 aromatic heterocycles. The van der Waals surface area contributed by atoms with Crippen LogP contribution >= 0.6 is 0 Å². The molecule has 0 spiro atoms. The fourth-order valence-electron chi connectivity index (χ4n) is 3.58. The zero-order chi connectivity index (χ0) is 20.5. The molecule has 0 unspecified atom stereocenters. The number of hydrogen-bond donors (Lipinski definition) is 0. The second-order valence-electron chi connectivity index (χ2n) is 7.04. The molecule has 7 heteroatoms. The van der Waals surface area contributed by atoms with Crippen molar-refractivity contribution in [2.24, 2.45) is 0 Å². The summed E-state index contributed by atoms with van der Waals surface area (Å²) in [7, 11) is 0. The number of carbonyl (C=O) groups excluding carboxylic acids is 2. The summed E-state index contributed by atoms with van der Waals surface area (Å²) >= 11 is 0. The summed E-state index contributed by atoms with van der Waals surface area (Å²) in [6.45, 7) is 3.23. The summed E-state index contributed by atoms with van der Waals surface area (Å²) in [5, 5.41) is 0.795. The van der Waals surface area contributed by atoms with Crippen LogP contribution < -0.4 is 0 Å². The maximum absolute atomic E-state index is 13.4. The lowest BCUT2D eigenvalue weighted by Crippen LogP contribution is -2.50. The van der Waals surface area contributed by atoms with Crippen LogP contribution in [0, 0.1) is 18.6 Å². The predicted molar refractivity (Wildman–Crippen MR) is 105 cm³/mol. The van der Waals surface area contributed by atoms with Gasteiger partial charge in [-0.2, -0.15) is 0 Å². The lowest BCUT2D eigenvalue weighted by atomic mass is 10.1. The number of aryl methyl sites for hydroxylation is 1. The Morgan fingerprint density at radius 3 is 2.21 bits per heavy atom. The molecule has 1 aliphatic heterocycles. The molecule has 0 atom stereocenters. The van der Waals surface area contributed by atoms with Crippen LogP contribution in [0.3, 0.4) is 0 Å². The van der Waals surface area contributed by atoms with E-state index in [0.29, 0.717) is 31.7 Å². The zero-order valence-corrected chi connectivity index (χ0v) is 15.9. The van der Waals surface area contributed by atoms with Gasteiger partial charge in [-0.25, -0.2) is 8.78 Å². The van der Waals surface area contributed by atoms with E-state index in [2.05, 4.69) is 4.98 Å². The van der Waals surface area contributed by atoms with Crippen molar-refractivity contribution < 1.29 is 18.4 Å². The standard InChI is InChI=1S/C22H19F2N3O2/c1-14-12-17(16-4-2-3-5-20(16)25-14)22(29)27-10-8-26(9-11-27)21(28)15-6-7-18(23)19(24)13-15/h2-7,12-13H,8-11H2,1H3. The number of nitrogens with zero attached hydrogens (tertiary/aromatic N) is 3. The first-order chi connectivity index (χ1) is 13.9. The number of pyridine rings is 1. The first-order valence-electron chi connectivity index (χ1n) is 9.34. The highest BCUT2D eigenvalue weighted by Crippen LogP contribution is 2.21. The highest BCUT2D eigenvalue weighted by Gasteiger charge is 2.27. The lowest BCUT2D eigenvalue weighted by molar-refractivity contribution is 0.0536. The fraction of sp³-hybridized carbons (Fsp3) is 0.227. The van der Waals surface area contributed by atoms with Crippen molar-refractivity contribution in [1.82, 2.24) is 14.8 Å². The number of carbonyl (C=O) groups is 2. The number of hydrogen-bond acceptors (Lipinski definition) is 3. The van der Waals surface area contributed by atoms with Crippen LogP contribution in [0.1, 0.15) is 26.4 Å². The van der Waals surface area contributed by atoms with Crippen molar-refractivity contribution in [2.75, 3.05) is 26.2 Å². The average Bonchev–Trinajstić information content (AvgIpc) is 2.74. The minimum absolute atomic E-state index is 0.0967. The van der Waals surface area contributed by atoms with Crippen molar-refractivity contribution in [2.45, 2.75) is 6.92 Å². The van der Waals surface area contributed by atoms with Gasteiger partial charge in [0.05, 0.1) is 11.1 Å². The largest absolute Gasteiger partial charge is 0.335 e. The van der Waals surface area contributed by atoms with Crippen molar-refractivity contribution in [3.63, 3.8) is 0 Å². The quantitative estimate of drug-likeness (QED) is 0.668. The molecule has 3 aromatic rings. The third kappa shape index (κ3) is 3.68. The van der Waals surface area contributed by atoms with E-state index in [4.69, 9.17) is 0 Å². The van der Waals surface area contributed by atoms with E-state index in [1.807, 2.05) is 31.2 Å². The van der Waals surface area contributed by atoms with Crippen molar-refractivity contribution in [1.29, 1.82) is 0 Å². The van der Waals surface area contributed by atoms with Crippen molar-refractivity contribution in [3.05, 3.63) is 77.0 Å². The molecule has 148 valence electrons. The van der Waals surface area contributed by atoms with Gasteiger partial charge in [0.25, 0.3) is 11.8 Å². The normalized spacial score (nSPS) is 14.3. The Labute approximate surface area is 166 Å². The molecule has 0 saturated carbocycles.